The first kappa shape index (κ1) is 6.15. The average molecular weight is 150 g/mol. The van der Waals surface area contributed by atoms with Crippen LogP contribution in [-0.2, 0) is 4.79 Å². The van der Waals surface area contributed by atoms with E-state index in [1.165, 1.54) is 0 Å². The normalized spacial score (nSPS) is 8.33. The lowest BCUT2D eigenvalue weighted by atomic mass is 10.4. The first-order valence-electron chi connectivity index (χ1n) is 1.68. The van der Waals surface area contributed by atoms with Gasteiger partial charge >= 0.3 is 0 Å². The van der Waals surface area contributed by atoms with Gasteiger partial charge in [0.05, 0.1) is 5.33 Å². The minimum absolute atomic E-state index is 0.148. The van der Waals surface area contributed by atoms with Crippen molar-refractivity contribution in [3.05, 3.63) is 6.92 Å². The Morgan fingerprint density at radius 1 is 1.83 bits per heavy atom. The molecule has 0 amide bonds. The van der Waals surface area contributed by atoms with Crippen molar-refractivity contribution in [1.82, 2.24) is 0 Å². The van der Waals surface area contributed by atoms with E-state index in [1.54, 1.807) is 0 Å². The van der Waals surface area contributed by atoms with Crippen LogP contribution in [0.25, 0.3) is 0 Å². The van der Waals surface area contributed by atoms with Crippen molar-refractivity contribution in [3.8, 4) is 0 Å². The van der Waals surface area contributed by atoms with Gasteiger partial charge in [-0.15, -0.1) is 0 Å². The zero-order valence-corrected chi connectivity index (χ0v) is 4.99. The van der Waals surface area contributed by atoms with Crippen LogP contribution in [0.1, 0.15) is 6.42 Å². The Hall–Kier alpha value is 0.150. The maximum absolute atomic E-state index is 10.1. The third kappa shape index (κ3) is 2.39. The molecular weight excluding hydrogens is 144 g/mol. The van der Waals surface area contributed by atoms with E-state index in [-0.39, 0.29) is 5.78 Å². The highest BCUT2D eigenvalue weighted by atomic mass is 79.9. The van der Waals surface area contributed by atoms with Gasteiger partial charge in [-0.1, -0.05) is 15.9 Å². The number of halogens is 1. The second kappa shape index (κ2) is 3.34. The van der Waals surface area contributed by atoms with Crippen molar-refractivity contribution in [2.24, 2.45) is 0 Å². The van der Waals surface area contributed by atoms with Crippen LogP contribution in [-0.4, -0.2) is 11.1 Å². The smallest absolute Gasteiger partial charge is 0.143 e. The zero-order valence-electron chi connectivity index (χ0n) is 3.41. The van der Waals surface area contributed by atoms with Gasteiger partial charge in [0.1, 0.15) is 5.78 Å². The summed E-state index contributed by atoms with van der Waals surface area (Å²) in [7, 11) is 0. The van der Waals surface area contributed by atoms with Crippen molar-refractivity contribution in [1.29, 1.82) is 0 Å². The lowest BCUT2D eigenvalue weighted by Crippen LogP contribution is -1.93. The van der Waals surface area contributed by atoms with Crippen LogP contribution in [0.3, 0.4) is 0 Å². The third-order valence-corrected chi connectivity index (χ3v) is 1.05. The number of rotatable bonds is 2. The number of alkyl halides is 1. The van der Waals surface area contributed by atoms with Crippen molar-refractivity contribution in [2.75, 3.05) is 5.33 Å². The Bertz CT molecular complexity index is 45.5. The summed E-state index contributed by atoms with van der Waals surface area (Å²) in [4.78, 5) is 10.1. The minimum atomic E-state index is 0.148. The molecule has 0 saturated carbocycles. The van der Waals surface area contributed by atoms with E-state index in [0.29, 0.717) is 11.8 Å². The Morgan fingerprint density at radius 2 is 2.33 bits per heavy atom. The highest BCUT2D eigenvalue weighted by Crippen LogP contribution is 1.84. The second-order valence-electron chi connectivity index (χ2n) is 0.922. The molecule has 0 fully saturated rings. The largest absolute Gasteiger partial charge is 0.299 e. The maximum atomic E-state index is 10.1. The number of hydrogen-bond acceptors (Lipinski definition) is 1. The summed E-state index contributed by atoms with van der Waals surface area (Å²) in [6.07, 6.45) is 0.394. The van der Waals surface area contributed by atoms with Gasteiger partial charge in [-0.2, -0.15) is 0 Å². The Morgan fingerprint density at radius 3 is 2.33 bits per heavy atom. The van der Waals surface area contributed by atoms with Gasteiger partial charge in [0.25, 0.3) is 0 Å². The molecule has 0 N–H and O–H groups in total. The molecule has 0 aromatic heterocycles. The molecule has 0 aliphatic heterocycles. The molecule has 0 rings (SSSR count). The second-order valence-corrected chi connectivity index (χ2v) is 1.48. The van der Waals surface area contributed by atoms with E-state index in [1.807, 2.05) is 0 Å². The van der Waals surface area contributed by atoms with Gasteiger partial charge in [0.15, 0.2) is 0 Å². The summed E-state index contributed by atoms with van der Waals surface area (Å²) in [5.41, 5.74) is 0. The van der Waals surface area contributed by atoms with Gasteiger partial charge in [0.2, 0.25) is 0 Å². The average Bonchev–Trinajstić information content (AvgIpc) is 1.65. The monoisotopic (exact) mass is 149 g/mol. The molecule has 35 valence electrons. The molecule has 6 heavy (non-hydrogen) atoms. The number of Topliss-reactive ketones (excluding diaryl/α,β-unsaturated/α-hetero) is 1. The minimum Gasteiger partial charge on any atom is -0.299 e. The van der Waals surface area contributed by atoms with Crippen LogP contribution in [0.15, 0.2) is 0 Å². The van der Waals surface area contributed by atoms with Gasteiger partial charge in [-0.05, 0) is 6.92 Å². The van der Waals surface area contributed by atoms with E-state index in [4.69, 9.17) is 0 Å². The van der Waals surface area contributed by atoms with Gasteiger partial charge < -0.3 is 0 Å². The lowest BCUT2D eigenvalue weighted by Gasteiger charge is -1.79. The Kier molecular flexibility index (Phi) is 3.43. The number of carbonyl (C=O) groups excluding carboxylic acids is 1. The summed E-state index contributed by atoms with van der Waals surface area (Å²) < 4.78 is 0. The molecule has 0 aromatic rings. The molecule has 1 radical (unpaired) electrons. The SMILES string of the molecule is [CH2]CC(=O)CBr. The van der Waals surface area contributed by atoms with Crippen molar-refractivity contribution < 1.29 is 4.79 Å². The quantitative estimate of drug-likeness (QED) is 0.540. The number of carbonyl (C=O) groups is 1. The molecule has 1 nitrogen and oxygen atoms in total. The fraction of sp³-hybridized carbons (Fsp3) is 0.500. The third-order valence-electron chi connectivity index (χ3n) is 0.428. The summed E-state index contributed by atoms with van der Waals surface area (Å²) in [5.74, 6) is 0.148. The topological polar surface area (TPSA) is 17.1 Å². The highest BCUT2D eigenvalue weighted by molar-refractivity contribution is 9.09. The first-order chi connectivity index (χ1) is 2.81. The van der Waals surface area contributed by atoms with E-state index in [9.17, 15) is 4.79 Å². The Balaban J connectivity index is 2.99. The number of ketones is 1. The maximum Gasteiger partial charge on any atom is 0.143 e. The fourth-order valence-corrected chi connectivity index (χ4v) is 0.347. The molecular formula is C4H6BrO. The summed E-state index contributed by atoms with van der Waals surface area (Å²) in [5, 5.41) is 0.441. The summed E-state index contributed by atoms with van der Waals surface area (Å²) in [6, 6.07) is 0. The molecule has 0 aliphatic rings. The van der Waals surface area contributed by atoms with Crippen molar-refractivity contribution in [2.45, 2.75) is 6.42 Å². The molecule has 0 unspecified atom stereocenters. The number of hydrogen-bond donors (Lipinski definition) is 0. The van der Waals surface area contributed by atoms with E-state index < -0.39 is 0 Å². The molecule has 0 aromatic carbocycles. The van der Waals surface area contributed by atoms with Crippen LogP contribution >= 0.6 is 15.9 Å². The lowest BCUT2D eigenvalue weighted by molar-refractivity contribution is -0.115. The van der Waals surface area contributed by atoms with Gasteiger partial charge in [-0.25, -0.2) is 0 Å². The van der Waals surface area contributed by atoms with Crippen LogP contribution in [0.5, 0.6) is 0 Å². The summed E-state index contributed by atoms with van der Waals surface area (Å²) in [6.45, 7) is 3.38. The van der Waals surface area contributed by atoms with E-state index in [2.05, 4.69) is 22.9 Å². The van der Waals surface area contributed by atoms with E-state index in [0.717, 1.165) is 0 Å². The van der Waals surface area contributed by atoms with Crippen molar-refractivity contribution >= 4 is 21.7 Å². The molecule has 2 heteroatoms. The van der Waals surface area contributed by atoms with Crippen LogP contribution in [0.2, 0.25) is 0 Å². The van der Waals surface area contributed by atoms with Crippen LogP contribution in [0.4, 0.5) is 0 Å². The molecule has 0 spiro atoms. The molecule has 0 saturated heterocycles. The van der Waals surface area contributed by atoms with Crippen molar-refractivity contribution in [3.63, 3.8) is 0 Å². The van der Waals surface area contributed by atoms with E-state index >= 15 is 0 Å². The molecule has 0 bridgehead atoms. The predicted molar refractivity (Wildman–Crippen MR) is 28.8 cm³/mol. The van der Waals surface area contributed by atoms with Crippen LogP contribution < -0.4 is 0 Å². The van der Waals surface area contributed by atoms with Gasteiger partial charge in [0, 0.05) is 6.42 Å². The zero-order chi connectivity index (χ0) is 4.99. The standard InChI is InChI=1S/C4H6BrO/c1-2-4(6)3-5/h1-3H2. The van der Waals surface area contributed by atoms with Gasteiger partial charge in [-0.3, -0.25) is 4.79 Å². The fourth-order valence-electron chi connectivity index (χ4n) is 0.0668. The molecule has 0 heterocycles. The molecule has 0 aliphatic carbocycles. The van der Waals surface area contributed by atoms with Crippen LogP contribution in [0, 0.1) is 6.92 Å². The highest BCUT2D eigenvalue weighted by Gasteiger charge is 1.88. The predicted octanol–water partition coefficient (Wildman–Crippen LogP) is 1.17. The molecule has 0 atom stereocenters. The summed E-state index contributed by atoms with van der Waals surface area (Å²) >= 11 is 2.99. The Labute approximate surface area is 45.9 Å². The first-order valence-corrected chi connectivity index (χ1v) is 2.80.